The minimum Gasteiger partial charge on any atom is -0.341 e. The molecule has 3 aromatic rings. The van der Waals surface area contributed by atoms with Crippen LogP contribution in [0, 0.1) is 12.8 Å². The topological polar surface area (TPSA) is 108 Å². The molecule has 3 N–H and O–H groups in total. The van der Waals surface area contributed by atoms with Gasteiger partial charge in [0.05, 0.1) is 10.9 Å². The molecule has 0 bridgehead atoms. The van der Waals surface area contributed by atoms with Crippen LogP contribution in [-0.4, -0.2) is 57.4 Å². The second kappa shape index (κ2) is 11.0. The van der Waals surface area contributed by atoms with E-state index in [0.29, 0.717) is 41.5 Å². The molecule has 9 heteroatoms. The van der Waals surface area contributed by atoms with Crippen molar-refractivity contribution in [1.29, 1.82) is 0 Å². The molecular weight excluding hydrogens is 488 g/mol. The highest BCUT2D eigenvalue weighted by molar-refractivity contribution is 7.89. The largest absolute Gasteiger partial charge is 0.341 e. The van der Waals surface area contributed by atoms with Crippen molar-refractivity contribution in [2.75, 3.05) is 25.5 Å². The number of piperidine rings is 1. The Bertz CT molecular complexity index is 1420. The predicted molar refractivity (Wildman–Crippen MR) is 146 cm³/mol. The molecule has 0 aliphatic carbocycles. The van der Waals surface area contributed by atoms with E-state index in [0.717, 1.165) is 5.56 Å². The lowest BCUT2D eigenvalue weighted by Gasteiger charge is -2.38. The molecule has 0 radical (unpaired) electrons. The first kappa shape index (κ1) is 26.8. The van der Waals surface area contributed by atoms with E-state index < -0.39 is 10.0 Å². The fourth-order valence-corrected chi connectivity index (χ4v) is 6.40. The maximum atomic E-state index is 13.5. The third kappa shape index (κ3) is 5.69. The normalized spacial score (nSPS) is 19.0. The van der Waals surface area contributed by atoms with Crippen molar-refractivity contribution in [3.05, 3.63) is 71.8 Å². The van der Waals surface area contributed by atoms with Crippen molar-refractivity contribution in [1.82, 2.24) is 14.9 Å². The van der Waals surface area contributed by atoms with Crippen LogP contribution in [0.1, 0.15) is 36.2 Å². The molecule has 3 atom stereocenters. The van der Waals surface area contributed by atoms with Crippen LogP contribution in [-0.2, 0) is 14.8 Å². The molecule has 196 valence electrons. The molecule has 1 aliphatic heterocycles. The van der Waals surface area contributed by atoms with Crippen LogP contribution in [0.15, 0.2) is 65.6 Å². The number of carbonyl (C=O) groups is 2. The van der Waals surface area contributed by atoms with E-state index in [-0.39, 0.29) is 34.7 Å². The Morgan fingerprint density at radius 2 is 1.68 bits per heavy atom. The molecule has 1 saturated heterocycles. The Balaban J connectivity index is 1.56. The quantitative estimate of drug-likeness (QED) is 0.440. The molecular formula is C28H34N4O4S. The van der Waals surface area contributed by atoms with E-state index >= 15 is 0 Å². The van der Waals surface area contributed by atoms with Gasteiger partial charge in [0.25, 0.3) is 5.91 Å². The fourth-order valence-electron chi connectivity index (χ4n) is 4.81. The van der Waals surface area contributed by atoms with Gasteiger partial charge in [-0.1, -0.05) is 49.4 Å². The average Bonchev–Trinajstić information content (AvgIpc) is 2.89. The number of benzene rings is 3. The van der Waals surface area contributed by atoms with Crippen LogP contribution in [0.3, 0.4) is 0 Å². The van der Waals surface area contributed by atoms with Crippen molar-refractivity contribution in [2.45, 2.75) is 44.2 Å². The number of anilines is 1. The van der Waals surface area contributed by atoms with Gasteiger partial charge in [-0.05, 0) is 57.0 Å². The van der Waals surface area contributed by atoms with E-state index in [1.807, 2.05) is 45.0 Å². The highest BCUT2D eigenvalue weighted by Gasteiger charge is 2.33. The lowest BCUT2D eigenvalue weighted by Crippen LogP contribution is -2.54. The molecule has 8 nitrogen and oxygen atoms in total. The molecule has 0 aromatic heterocycles. The minimum atomic E-state index is -3.86. The first-order valence-corrected chi connectivity index (χ1v) is 14.0. The first-order valence-electron chi connectivity index (χ1n) is 12.5. The zero-order valence-electron chi connectivity index (χ0n) is 21.6. The van der Waals surface area contributed by atoms with E-state index in [1.54, 1.807) is 42.3 Å². The van der Waals surface area contributed by atoms with Crippen molar-refractivity contribution >= 4 is 38.3 Å². The summed E-state index contributed by atoms with van der Waals surface area (Å²) in [6.07, 6.45) is 0.533. The van der Waals surface area contributed by atoms with Gasteiger partial charge in [0, 0.05) is 41.2 Å². The Kier molecular flexibility index (Phi) is 7.96. The molecule has 0 saturated carbocycles. The monoisotopic (exact) mass is 522 g/mol. The number of rotatable bonds is 7. The maximum absolute atomic E-state index is 13.5. The van der Waals surface area contributed by atoms with E-state index in [9.17, 15) is 18.0 Å². The summed E-state index contributed by atoms with van der Waals surface area (Å²) in [6, 6.07) is 17.1. The predicted octanol–water partition coefficient (Wildman–Crippen LogP) is 3.52. The highest BCUT2D eigenvalue weighted by Crippen LogP contribution is 2.31. The number of nitrogens with zero attached hydrogens (tertiary/aromatic N) is 1. The van der Waals surface area contributed by atoms with Gasteiger partial charge in [-0.2, -0.15) is 0 Å². The molecule has 1 aliphatic rings. The van der Waals surface area contributed by atoms with Crippen molar-refractivity contribution < 1.29 is 18.0 Å². The zero-order valence-corrected chi connectivity index (χ0v) is 22.4. The van der Waals surface area contributed by atoms with E-state index in [1.165, 1.54) is 6.07 Å². The standard InChI is InChI=1S/C28H34N4O4S/c1-18-9-5-6-10-21(18)27(33)30-25-13-14-26(23-12-8-7-11-22(23)25)37(35,36)31-24-15-16-32(17-19(24)2)28(34)20(3)29-4/h5-14,19-20,24,29,31H,15-17H2,1-4H3,(H,30,33)/t19-,20-,24+/m0/s1. The Morgan fingerprint density at radius 1 is 1.00 bits per heavy atom. The number of hydrogen-bond acceptors (Lipinski definition) is 5. The van der Waals surface area contributed by atoms with Gasteiger partial charge < -0.3 is 15.5 Å². The number of nitrogens with one attached hydrogen (secondary N) is 3. The lowest BCUT2D eigenvalue weighted by molar-refractivity contribution is -0.134. The van der Waals surface area contributed by atoms with Gasteiger partial charge in [-0.25, -0.2) is 13.1 Å². The fraction of sp³-hybridized carbons (Fsp3) is 0.357. The number of likely N-dealkylation sites (N-methyl/N-ethyl adjacent to an activating group) is 1. The van der Waals surface area contributed by atoms with Crippen LogP contribution in [0.2, 0.25) is 0 Å². The SMILES string of the molecule is CN[C@@H](C)C(=O)N1CC[C@@H](NS(=O)(=O)c2ccc(NC(=O)c3ccccc3C)c3ccccc23)[C@@H](C)C1. The molecule has 2 amide bonds. The molecule has 0 unspecified atom stereocenters. The van der Waals surface area contributed by atoms with Gasteiger partial charge in [0.2, 0.25) is 15.9 Å². The van der Waals surface area contributed by atoms with Crippen LogP contribution < -0.4 is 15.4 Å². The number of sulfonamides is 1. The molecule has 1 heterocycles. The number of fused-ring (bicyclic) bond motifs is 1. The summed E-state index contributed by atoms with van der Waals surface area (Å²) in [5, 5.41) is 7.07. The summed E-state index contributed by atoms with van der Waals surface area (Å²) in [5.41, 5.74) is 1.96. The molecule has 1 fully saturated rings. The van der Waals surface area contributed by atoms with Crippen LogP contribution in [0.25, 0.3) is 10.8 Å². The van der Waals surface area contributed by atoms with Crippen LogP contribution in [0.5, 0.6) is 0 Å². The second-order valence-electron chi connectivity index (χ2n) is 9.71. The van der Waals surface area contributed by atoms with Gasteiger partial charge in [-0.3, -0.25) is 9.59 Å². The van der Waals surface area contributed by atoms with Gasteiger partial charge >= 0.3 is 0 Å². The Hall–Kier alpha value is -3.27. The van der Waals surface area contributed by atoms with E-state index in [2.05, 4.69) is 15.4 Å². The highest BCUT2D eigenvalue weighted by atomic mass is 32.2. The van der Waals surface area contributed by atoms with Crippen molar-refractivity contribution in [3.63, 3.8) is 0 Å². The molecule has 0 spiro atoms. The summed E-state index contributed by atoms with van der Waals surface area (Å²) in [4.78, 5) is 27.4. The minimum absolute atomic E-state index is 0.0185. The van der Waals surface area contributed by atoms with Gasteiger partial charge in [0.1, 0.15) is 0 Å². The zero-order chi connectivity index (χ0) is 26.7. The third-order valence-corrected chi connectivity index (χ3v) is 8.69. The summed E-state index contributed by atoms with van der Waals surface area (Å²) >= 11 is 0. The number of aryl methyl sites for hydroxylation is 1. The lowest BCUT2D eigenvalue weighted by atomic mass is 9.94. The van der Waals surface area contributed by atoms with Crippen molar-refractivity contribution in [2.24, 2.45) is 5.92 Å². The molecule has 4 rings (SSSR count). The number of likely N-dealkylation sites (tertiary alicyclic amines) is 1. The van der Waals surface area contributed by atoms with Gasteiger partial charge in [-0.15, -0.1) is 0 Å². The molecule has 37 heavy (non-hydrogen) atoms. The number of amides is 2. The van der Waals surface area contributed by atoms with Crippen LogP contribution in [0.4, 0.5) is 5.69 Å². The number of carbonyl (C=O) groups excluding carboxylic acids is 2. The third-order valence-electron chi connectivity index (χ3n) is 7.14. The van der Waals surface area contributed by atoms with E-state index in [4.69, 9.17) is 0 Å². The van der Waals surface area contributed by atoms with Crippen molar-refractivity contribution in [3.8, 4) is 0 Å². The summed E-state index contributed by atoms with van der Waals surface area (Å²) in [6.45, 7) is 6.63. The summed E-state index contributed by atoms with van der Waals surface area (Å²) in [5.74, 6) is -0.278. The first-order chi connectivity index (χ1) is 17.6. The van der Waals surface area contributed by atoms with Gasteiger partial charge in [0.15, 0.2) is 0 Å². The summed E-state index contributed by atoms with van der Waals surface area (Å²) < 4.78 is 30.0. The smallest absolute Gasteiger partial charge is 0.255 e. The maximum Gasteiger partial charge on any atom is 0.255 e. The Morgan fingerprint density at radius 3 is 2.35 bits per heavy atom. The summed E-state index contributed by atoms with van der Waals surface area (Å²) in [7, 11) is -2.11. The Labute approximate surface area is 218 Å². The second-order valence-corrected chi connectivity index (χ2v) is 11.4. The number of hydrogen-bond donors (Lipinski definition) is 3. The van der Waals surface area contributed by atoms with Crippen LogP contribution >= 0.6 is 0 Å². The molecule has 3 aromatic carbocycles. The average molecular weight is 523 g/mol.